The first-order valence-electron chi connectivity index (χ1n) is 5.71. The second-order valence-corrected chi connectivity index (χ2v) is 4.91. The van der Waals surface area contributed by atoms with Crippen LogP contribution in [-0.2, 0) is 0 Å². The van der Waals surface area contributed by atoms with Gasteiger partial charge in [0.2, 0.25) is 5.95 Å². The zero-order chi connectivity index (χ0) is 11.2. The minimum absolute atomic E-state index is 0.111. The van der Waals surface area contributed by atoms with E-state index in [-0.39, 0.29) is 11.8 Å². The summed E-state index contributed by atoms with van der Waals surface area (Å²) in [6, 6.07) is 0. The van der Waals surface area contributed by atoms with Crippen molar-refractivity contribution in [1.82, 2.24) is 9.97 Å². The standard InChI is InChI=1S/C11H15FN4/c12-8-5-14-10(13)16-9(8)15-6-11(3-4-11)7-1-2-7/h5,7H,1-4,6H2,(H3,13,14,15,16). The molecule has 16 heavy (non-hydrogen) atoms. The molecule has 1 aromatic rings. The van der Waals surface area contributed by atoms with Gasteiger partial charge in [-0.2, -0.15) is 4.98 Å². The second-order valence-electron chi connectivity index (χ2n) is 4.91. The molecule has 0 amide bonds. The minimum atomic E-state index is -0.430. The van der Waals surface area contributed by atoms with E-state index in [2.05, 4.69) is 15.3 Å². The number of hydrogen-bond acceptors (Lipinski definition) is 4. The van der Waals surface area contributed by atoms with Gasteiger partial charge in [-0.05, 0) is 37.0 Å². The molecule has 1 aromatic heterocycles. The second kappa shape index (κ2) is 3.30. The molecule has 86 valence electrons. The number of nitrogens with two attached hydrogens (primary N) is 1. The van der Waals surface area contributed by atoms with Crippen LogP contribution in [0.1, 0.15) is 25.7 Å². The van der Waals surface area contributed by atoms with Crippen molar-refractivity contribution in [3.63, 3.8) is 0 Å². The topological polar surface area (TPSA) is 63.8 Å². The van der Waals surface area contributed by atoms with Crippen molar-refractivity contribution < 1.29 is 4.39 Å². The molecule has 0 atom stereocenters. The quantitative estimate of drug-likeness (QED) is 0.815. The van der Waals surface area contributed by atoms with Gasteiger partial charge in [0.05, 0.1) is 6.20 Å². The van der Waals surface area contributed by atoms with Crippen LogP contribution < -0.4 is 11.1 Å². The largest absolute Gasteiger partial charge is 0.368 e. The van der Waals surface area contributed by atoms with Gasteiger partial charge < -0.3 is 11.1 Å². The van der Waals surface area contributed by atoms with Crippen molar-refractivity contribution in [2.45, 2.75) is 25.7 Å². The molecule has 0 aliphatic heterocycles. The van der Waals surface area contributed by atoms with Crippen molar-refractivity contribution in [3.05, 3.63) is 12.0 Å². The van der Waals surface area contributed by atoms with Crippen LogP contribution in [0, 0.1) is 17.2 Å². The predicted octanol–water partition coefficient (Wildman–Crippen LogP) is 1.80. The van der Waals surface area contributed by atoms with Gasteiger partial charge in [0.25, 0.3) is 0 Å². The molecule has 3 N–H and O–H groups in total. The summed E-state index contributed by atoms with van der Waals surface area (Å²) in [4.78, 5) is 7.46. The molecule has 2 aliphatic rings. The summed E-state index contributed by atoms with van der Waals surface area (Å²) in [6.45, 7) is 0.811. The maximum absolute atomic E-state index is 13.3. The highest BCUT2D eigenvalue weighted by Gasteiger charge is 2.53. The fourth-order valence-electron chi connectivity index (χ4n) is 2.35. The van der Waals surface area contributed by atoms with Crippen LogP contribution in [0.15, 0.2) is 6.20 Å². The van der Waals surface area contributed by atoms with Gasteiger partial charge in [0.1, 0.15) is 0 Å². The van der Waals surface area contributed by atoms with Gasteiger partial charge in [-0.15, -0.1) is 0 Å². The summed E-state index contributed by atoms with van der Waals surface area (Å²) in [6.07, 6.45) is 6.28. The van der Waals surface area contributed by atoms with E-state index in [0.29, 0.717) is 5.41 Å². The molecule has 4 nitrogen and oxygen atoms in total. The monoisotopic (exact) mass is 222 g/mol. The molecule has 0 saturated heterocycles. The van der Waals surface area contributed by atoms with E-state index in [1.54, 1.807) is 0 Å². The van der Waals surface area contributed by atoms with E-state index in [4.69, 9.17) is 5.73 Å². The average Bonchev–Trinajstić information content (AvgIpc) is 3.13. The number of nitrogens with one attached hydrogen (secondary N) is 1. The van der Waals surface area contributed by atoms with Gasteiger partial charge in [-0.3, -0.25) is 0 Å². The van der Waals surface area contributed by atoms with E-state index in [1.165, 1.54) is 25.7 Å². The van der Waals surface area contributed by atoms with Crippen LogP contribution in [0.5, 0.6) is 0 Å². The van der Waals surface area contributed by atoms with E-state index < -0.39 is 5.82 Å². The zero-order valence-corrected chi connectivity index (χ0v) is 9.04. The molecule has 1 heterocycles. The third-order valence-corrected chi connectivity index (χ3v) is 3.71. The van der Waals surface area contributed by atoms with Gasteiger partial charge in [0.15, 0.2) is 11.6 Å². The van der Waals surface area contributed by atoms with Crippen LogP contribution >= 0.6 is 0 Å². The molecule has 3 rings (SSSR count). The van der Waals surface area contributed by atoms with Crippen LogP contribution in [0.2, 0.25) is 0 Å². The van der Waals surface area contributed by atoms with E-state index in [0.717, 1.165) is 18.7 Å². The Hall–Kier alpha value is -1.39. The first-order chi connectivity index (χ1) is 7.70. The lowest BCUT2D eigenvalue weighted by Gasteiger charge is -2.15. The van der Waals surface area contributed by atoms with E-state index >= 15 is 0 Å². The third kappa shape index (κ3) is 1.70. The molecule has 0 unspecified atom stereocenters. The molecule has 0 spiro atoms. The lowest BCUT2D eigenvalue weighted by Crippen LogP contribution is -2.19. The van der Waals surface area contributed by atoms with Crippen LogP contribution in [0.4, 0.5) is 16.2 Å². The normalized spacial score (nSPS) is 21.8. The molecule has 0 radical (unpaired) electrons. The number of aromatic nitrogens is 2. The van der Waals surface area contributed by atoms with Crippen LogP contribution in [0.3, 0.4) is 0 Å². The molecule has 2 saturated carbocycles. The van der Waals surface area contributed by atoms with Crippen LogP contribution in [-0.4, -0.2) is 16.5 Å². The summed E-state index contributed by atoms with van der Waals surface area (Å²) >= 11 is 0. The maximum Gasteiger partial charge on any atom is 0.222 e. The Morgan fingerprint density at radius 1 is 1.50 bits per heavy atom. The number of nitrogens with zero attached hydrogens (tertiary/aromatic N) is 2. The van der Waals surface area contributed by atoms with Gasteiger partial charge in [-0.25, -0.2) is 9.37 Å². The summed E-state index contributed by atoms with van der Waals surface area (Å²) in [7, 11) is 0. The Morgan fingerprint density at radius 2 is 2.25 bits per heavy atom. The Morgan fingerprint density at radius 3 is 2.88 bits per heavy atom. The summed E-state index contributed by atoms with van der Waals surface area (Å²) in [5.41, 5.74) is 5.85. The summed E-state index contributed by atoms with van der Waals surface area (Å²) < 4.78 is 13.3. The highest BCUT2D eigenvalue weighted by molar-refractivity contribution is 5.39. The Kier molecular flexibility index (Phi) is 2.02. The number of anilines is 2. The van der Waals surface area contributed by atoms with Gasteiger partial charge in [-0.1, -0.05) is 0 Å². The number of rotatable bonds is 4. The van der Waals surface area contributed by atoms with E-state index in [1.807, 2.05) is 0 Å². The summed E-state index contributed by atoms with van der Waals surface area (Å²) in [5, 5.41) is 3.07. The predicted molar refractivity (Wildman–Crippen MR) is 59.3 cm³/mol. The van der Waals surface area contributed by atoms with Crippen molar-refractivity contribution in [2.75, 3.05) is 17.6 Å². The van der Waals surface area contributed by atoms with E-state index in [9.17, 15) is 4.39 Å². The lowest BCUT2D eigenvalue weighted by molar-refractivity contribution is 0.464. The maximum atomic E-state index is 13.3. The van der Waals surface area contributed by atoms with Crippen LogP contribution in [0.25, 0.3) is 0 Å². The molecule has 5 heteroatoms. The van der Waals surface area contributed by atoms with Crippen molar-refractivity contribution >= 4 is 11.8 Å². The minimum Gasteiger partial charge on any atom is -0.368 e. The molecular weight excluding hydrogens is 207 g/mol. The molecule has 2 aliphatic carbocycles. The first-order valence-corrected chi connectivity index (χ1v) is 5.71. The third-order valence-electron chi connectivity index (χ3n) is 3.71. The molecule has 2 fully saturated rings. The zero-order valence-electron chi connectivity index (χ0n) is 9.04. The fourth-order valence-corrected chi connectivity index (χ4v) is 2.35. The first kappa shape index (κ1) is 9.81. The van der Waals surface area contributed by atoms with Crippen molar-refractivity contribution in [3.8, 4) is 0 Å². The average molecular weight is 222 g/mol. The Labute approximate surface area is 93.5 Å². The summed E-state index contributed by atoms with van der Waals surface area (Å²) in [5.74, 6) is 0.766. The SMILES string of the molecule is Nc1ncc(F)c(NCC2(C3CC3)CC2)n1. The Bertz CT molecular complexity index is 412. The Balaban J connectivity index is 1.67. The lowest BCUT2D eigenvalue weighted by atomic mass is 10.0. The smallest absolute Gasteiger partial charge is 0.222 e. The fraction of sp³-hybridized carbons (Fsp3) is 0.636. The highest BCUT2D eigenvalue weighted by Crippen LogP contribution is 2.61. The van der Waals surface area contributed by atoms with Gasteiger partial charge >= 0.3 is 0 Å². The number of hydrogen-bond donors (Lipinski definition) is 2. The van der Waals surface area contributed by atoms with Gasteiger partial charge in [0, 0.05) is 6.54 Å². The van der Waals surface area contributed by atoms with Crippen molar-refractivity contribution in [1.29, 1.82) is 0 Å². The van der Waals surface area contributed by atoms with Crippen molar-refractivity contribution in [2.24, 2.45) is 11.3 Å². The molecular formula is C11H15FN4. The highest BCUT2D eigenvalue weighted by atomic mass is 19.1. The number of halogens is 1. The molecule has 0 aromatic carbocycles. The number of nitrogen functional groups attached to an aromatic ring is 1. The molecule has 0 bridgehead atoms.